The first-order valence-electron chi connectivity index (χ1n) is 8.60. The van der Waals surface area contributed by atoms with Crippen LogP contribution in [0.1, 0.15) is 32.9 Å². The average Bonchev–Trinajstić information content (AvgIpc) is 2.99. The number of non-ortho nitro benzene ring substituents is 1. The Morgan fingerprint density at radius 1 is 1.21 bits per heavy atom. The summed E-state index contributed by atoms with van der Waals surface area (Å²) in [6, 6.07) is 15.2. The van der Waals surface area contributed by atoms with E-state index in [-0.39, 0.29) is 11.6 Å². The number of aryl methyl sites for hydroxylation is 2. The van der Waals surface area contributed by atoms with Gasteiger partial charge in [0.1, 0.15) is 0 Å². The van der Waals surface area contributed by atoms with Gasteiger partial charge >= 0.3 is 0 Å². The van der Waals surface area contributed by atoms with Crippen molar-refractivity contribution in [3.05, 3.63) is 92.8 Å². The zero-order valence-corrected chi connectivity index (χ0v) is 15.5. The van der Waals surface area contributed by atoms with Crippen molar-refractivity contribution in [1.29, 1.82) is 0 Å². The van der Waals surface area contributed by atoms with E-state index in [4.69, 9.17) is 0 Å². The van der Waals surface area contributed by atoms with Gasteiger partial charge in [0.2, 0.25) is 0 Å². The Morgan fingerprint density at radius 3 is 2.61 bits per heavy atom. The van der Waals surface area contributed by atoms with E-state index in [2.05, 4.69) is 15.6 Å². The number of benzene rings is 2. The van der Waals surface area contributed by atoms with Gasteiger partial charge in [0.25, 0.3) is 11.6 Å². The highest BCUT2D eigenvalue weighted by Gasteiger charge is 2.07. The van der Waals surface area contributed by atoms with E-state index in [0.29, 0.717) is 17.7 Å². The molecule has 0 aliphatic carbocycles. The number of carbonyl (C=O) groups excluding carboxylic acids is 1. The first-order valence-corrected chi connectivity index (χ1v) is 8.60. The molecule has 0 saturated heterocycles. The molecule has 0 fully saturated rings. The molecule has 0 saturated carbocycles. The molecule has 0 radical (unpaired) electrons. The van der Waals surface area contributed by atoms with Gasteiger partial charge in [-0.15, -0.1) is 0 Å². The number of hydrogen-bond donors (Lipinski definition) is 1. The van der Waals surface area contributed by atoms with E-state index in [1.807, 2.05) is 36.7 Å². The largest absolute Gasteiger partial charge is 0.271 e. The van der Waals surface area contributed by atoms with Crippen molar-refractivity contribution in [1.82, 2.24) is 15.2 Å². The van der Waals surface area contributed by atoms with Crippen LogP contribution in [0.3, 0.4) is 0 Å². The van der Waals surface area contributed by atoms with Gasteiger partial charge in [-0.2, -0.15) is 10.2 Å². The van der Waals surface area contributed by atoms with Crippen molar-refractivity contribution in [3.63, 3.8) is 0 Å². The second-order valence-corrected chi connectivity index (χ2v) is 6.33. The van der Waals surface area contributed by atoms with Crippen LogP contribution >= 0.6 is 0 Å². The Balaban J connectivity index is 1.61. The summed E-state index contributed by atoms with van der Waals surface area (Å²) in [7, 11) is 0. The van der Waals surface area contributed by atoms with Crippen LogP contribution in [-0.4, -0.2) is 26.8 Å². The molecule has 1 amide bonds. The quantitative estimate of drug-likeness (QED) is 0.405. The summed E-state index contributed by atoms with van der Waals surface area (Å²) in [4.78, 5) is 22.5. The number of nitrogens with one attached hydrogen (secondary N) is 1. The lowest BCUT2D eigenvalue weighted by molar-refractivity contribution is -0.384. The Kier molecular flexibility index (Phi) is 5.59. The van der Waals surface area contributed by atoms with Crippen molar-refractivity contribution in [3.8, 4) is 0 Å². The van der Waals surface area contributed by atoms with Crippen molar-refractivity contribution in [2.45, 2.75) is 20.4 Å². The van der Waals surface area contributed by atoms with Crippen LogP contribution in [0.4, 0.5) is 5.69 Å². The average molecular weight is 377 g/mol. The molecular formula is C20H19N5O3. The van der Waals surface area contributed by atoms with Crippen LogP contribution < -0.4 is 5.43 Å². The topological polar surface area (TPSA) is 102 Å². The second-order valence-electron chi connectivity index (χ2n) is 6.33. The fourth-order valence-electron chi connectivity index (χ4n) is 2.72. The van der Waals surface area contributed by atoms with Crippen LogP contribution in [0.15, 0.2) is 59.7 Å². The highest BCUT2D eigenvalue weighted by molar-refractivity contribution is 5.94. The van der Waals surface area contributed by atoms with Gasteiger partial charge in [0, 0.05) is 29.0 Å². The molecule has 0 aliphatic rings. The highest BCUT2D eigenvalue weighted by atomic mass is 16.6. The number of nitro groups is 1. The Hall–Kier alpha value is -3.81. The summed E-state index contributed by atoms with van der Waals surface area (Å²) < 4.78 is 1.91. The molecule has 142 valence electrons. The number of carbonyl (C=O) groups is 1. The van der Waals surface area contributed by atoms with Crippen LogP contribution in [0.2, 0.25) is 0 Å². The predicted molar refractivity (Wildman–Crippen MR) is 105 cm³/mol. The third-order valence-electron chi connectivity index (χ3n) is 4.11. The van der Waals surface area contributed by atoms with Crippen LogP contribution in [0.5, 0.6) is 0 Å². The zero-order valence-electron chi connectivity index (χ0n) is 15.5. The van der Waals surface area contributed by atoms with E-state index >= 15 is 0 Å². The number of hydrogen-bond acceptors (Lipinski definition) is 5. The highest BCUT2D eigenvalue weighted by Crippen LogP contribution is 2.12. The molecule has 0 aliphatic heterocycles. The third-order valence-corrected chi connectivity index (χ3v) is 4.11. The normalized spacial score (nSPS) is 10.9. The Morgan fingerprint density at radius 2 is 1.96 bits per heavy atom. The number of nitro benzene ring substituents is 1. The Labute approximate surface area is 161 Å². The van der Waals surface area contributed by atoms with Gasteiger partial charge in [-0.3, -0.25) is 19.6 Å². The molecule has 0 bridgehead atoms. The Bertz CT molecular complexity index is 1040. The standard InChI is InChI=1S/C20H19N5O3/c1-14-10-15(2)24(23-14)13-16-6-8-18(9-7-16)20(26)22-21-12-17-4-3-5-19(11-17)25(27)28/h3-12H,13H2,1-2H3,(H,22,26). The number of aromatic nitrogens is 2. The molecule has 28 heavy (non-hydrogen) atoms. The maximum atomic E-state index is 12.2. The predicted octanol–water partition coefficient (Wildman–Crippen LogP) is 3.22. The minimum absolute atomic E-state index is 0.0338. The first kappa shape index (κ1) is 19.0. The van der Waals surface area contributed by atoms with Gasteiger partial charge < -0.3 is 0 Å². The van der Waals surface area contributed by atoms with Crippen LogP contribution in [-0.2, 0) is 6.54 Å². The molecule has 3 aromatic rings. The minimum atomic E-state index is -0.483. The maximum absolute atomic E-state index is 12.2. The molecule has 2 aromatic carbocycles. The number of rotatable bonds is 6. The smallest absolute Gasteiger partial charge is 0.267 e. The molecule has 1 N–H and O–H groups in total. The van der Waals surface area contributed by atoms with E-state index < -0.39 is 4.92 Å². The fraction of sp³-hybridized carbons (Fsp3) is 0.150. The summed E-state index contributed by atoms with van der Waals surface area (Å²) in [5.41, 5.74) is 6.45. The summed E-state index contributed by atoms with van der Waals surface area (Å²) in [5, 5.41) is 19.1. The van der Waals surface area contributed by atoms with Gasteiger partial charge in [-0.1, -0.05) is 24.3 Å². The van der Waals surface area contributed by atoms with E-state index in [0.717, 1.165) is 17.0 Å². The summed E-state index contributed by atoms with van der Waals surface area (Å²) in [6.45, 7) is 4.58. The maximum Gasteiger partial charge on any atom is 0.271 e. The third kappa shape index (κ3) is 4.67. The molecule has 0 unspecified atom stereocenters. The monoisotopic (exact) mass is 377 g/mol. The lowest BCUT2D eigenvalue weighted by Gasteiger charge is -2.06. The van der Waals surface area contributed by atoms with Gasteiger partial charge in [-0.05, 0) is 37.6 Å². The zero-order chi connectivity index (χ0) is 20.1. The first-order chi connectivity index (χ1) is 13.4. The van der Waals surface area contributed by atoms with Crippen LogP contribution in [0.25, 0.3) is 0 Å². The molecule has 3 rings (SSSR count). The number of hydrazone groups is 1. The van der Waals surface area contributed by atoms with Crippen LogP contribution in [0, 0.1) is 24.0 Å². The molecular weight excluding hydrogens is 358 g/mol. The molecule has 0 spiro atoms. The second kappa shape index (κ2) is 8.26. The molecule has 8 heteroatoms. The van der Waals surface area contributed by atoms with E-state index in [1.165, 1.54) is 18.3 Å². The van der Waals surface area contributed by atoms with Gasteiger partial charge in [0.05, 0.1) is 23.4 Å². The lowest BCUT2D eigenvalue weighted by Crippen LogP contribution is -2.17. The van der Waals surface area contributed by atoms with E-state index in [9.17, 15) is 14.9 Å². The van der Waals surface area contributed by atoms with Crippen molar-refractivity contribution in [2.75, 3.05) is 0 Å². The minimum Gasteiger partial charge on any atom is -0.267 e. The molecule has 1 aromatic heterocycles. The van der Waals surface area contributed by atoms with Gasteiger partial charge in [-0.25, -0.2) is 5.43 Å². The molecule has 1 heterocycles. The number of nitrogens with zero attached hydrogens (tertiary/aromatic N) is 4. The summed E-state index contributed by atoms with van der Waals surface area (Å²) >= 11 is 0. The van der Waals surface area contributed by atoms with Crippen molar-refractivity contribution < 1.29 is 9.72 Å². The lowest BCUT2D eigenvalue weighted by atomic mass is 10.1. The van der Waals surface area contributed by atoms with Crippen molar-refractivity contribution in [2.24, 2.45) is 5.10 Å². The van der Waals surface area contributed by atoms with Gasteiger partial charge in [0.15, 0.2) is 0 Å². The molecule has 8 nitrogen and oxygen atoms in total. The van der Waals surface area contributed by atoms with E-state index in [1.54, 1.807) is 24.3 Å². The number of amides is 1. The SMILES string of the molecule is Cc1cc(C)n(Cc2ccc(C(=O)NN=Cc3cccc([N+](=O)[O-])c3)cc2)n1. The van der Waals surface area contributed by atoms with Crippen molar-refractivity contribution >= 4 is 17.8 Å². The molecule has 0 atom stereocenters. The summed E-state index contributed by atoms with van der Waals surface area (Å²) in [6.07, 6.45) is 1.36. The summed E-state index contributed by atoms with van der Waals surface area (Å²) in [5.74, 6) is -0.362. The fourth-order valence-corrected chi connectivity index (χ4v) is 2.72.